The van der Waals surface area contributed by atoms with Crippen molar-refractivity contribution >= 4 is 27.6 Å². The molecule has 1 saturated carbocycles. The summed E-state index contributed by atoms with van der Waals surface area (Å²) in [5.41, 5.74) is 0.0927. The lowest BCUT2D eigenvalue weighted by molar-refractivity contribution is 0.0211. The number of benzene rings is 1. The number of ether oxygens (including phenoxy) is 1. The molecule has 22 heavy (non-hydrogen) atoms. The smallest absolute Gasteiger partial charge is 0.339 e. The Labute approximate surface area is 136 Å². The van der Waals surface area contributed by atoms with Crippen LogP contribution in [0.15, 0.2) is 23.1 Å². The van der Waals surface area contributed by atoms with Crippen molar-refractivity contribution in [2.45, 2.75) is 43.1 Å². The fourth-order valence-electron chi connectivity index (χ4n) is 2.43. The van der Waals surface area contributed by atoms with Crippen LogP contribution in [0.2, 0.25) is 5.02 Å². The molecule has 2 rings (SSSR count). The van der Waals surface area contributed by atoms with E-state index in [0.717, 1.165) is 36.4 Å². The molecule has 7 heteroatoms. The highest BCUT2D eigenvalue weighted by molar-refractivity contribution is 7.89. The Morgan fingerprint density at radius 3 is 2.45 bits per heavy atom. The molecular formula is C15H20ClNO4S. The van der Waals surface area contributed by atoms with Gasteiger partial charge in [-0.2, -0.15) is 0 Å². The molecule has 1 aliphatic rings. The topological polar surface area (TPSA) is 63.7 Å². The van der Waals surface area contributed by atoms with Crippen LogP contribution >= 0.6 is 11.6 Å². The maximum atomic E-state index is 12.3. The molecule has 0 amide bonds. The number of esters is 1. The predicted octanol–water partition coefficient (Wildman–Crippen LogP) is 3.08. The third-order valence-electron chi connectivity index (χ3n) is 3.76. The largest absolute Gasteiger partial charge is 0.459 e. The van der Waals surface area contributed by atoms with Crippen LogP contribution in [0.3, 0.4) is 0 Å². The highest BCUT2D eigenvalue weighted by Crippen LogP contribution is 2.26. The minimum Gasteiger partial charge on any atom is -0.459 e. The average molecular weight is 346 g/mol. The minimum atomic E-state index is -3.62. The fraction of sp³-hybridized carbons (Fsp3) is 0.533. The third kappa shape index (κ3) is 3.80. The van der Waals surface area contributed by atoms with E-state index in [2.05, 4.69) is 0 Å². The Morgan fingerprint density at radius 2 is 1.86 bits per heavy atom. The minimum absolute atomic E-state index is 0.0255. The second-order valence-electron chi connectivity index (χ2n) is 5.59. The molecule has 0 N–H and O–H groups in total. The summed E-state index contributed by atoms with van der Waals surface area (Å²) in [6, 6.07) is 4.08. The predicted molar refractivity (Wildman–Crippen MR) is 84.6 cm³/mol. The quantitative estimate of drug-likeness (QED) is 0.787. The summed E-state index contributed by atoms with van der Waals surface area (Å²) in [5.74, 6) is -0.562. The molecule has 122 valence electrons. The van der Waals surface area contributed by atoms with Crippen LogP contribution in [0.25, 0.3) is 0 Å². The van der Waals surface area contributed by atoms with E-state index in [1.165, 1.54) is 32.3 Å². The van der Waals surface area contributed by atoms with Crippen molar-refractivity contribution in [1.29, 1.82) is 0 Å². The van der Waals surface area contributed by atoms with Crippen LogP contribution in [0.4, 0.5) is 0 Å². The van der Waals surface area contributed by atoms with E-state index >= 15 is 0 Å². The van der Waals surface area contributed by atoms with Crippen LogP contribution < -0.4 is 0 Å². The zero-order chi connectivity index (χ0) is 16.3. The number of halogens is 1. The molecule has 1 aromatic carbocycles. The van der Waals surface area contributed by atoms with E-state index in [1.54, 1.807) is 0 Å². The van der Waals surface area contributed by atoms with Gasteiger partial charge in [-0.1, -0.05) is 18.0 Å². The zero-order valence-corrected chi connectivity index (χ0v) is 14.3. The van der Waals surface area contributed by atoms with Crippen LogP contribution in [-0.2, 0) is 14.8 Å². The fourth-order valence-corrected chi connectivity index (χ4v) is 3.55. The Kier molecular flexibility index (Phi) is 5.47. The van der Waals surface area contributed by atoms with E-state index in [4.69, 9.17) is 16.3 Å². The van der Waals surface area contributed by atoms with Crippen molar-refractivity contribution in [1.82, 2.24) is 4.31 Å². The SMILES string of the molecule is CN(C)S(=O)(=O)c1ccc(Cl)c(C(=O)OC2CCCCC2)c1. The Bertz CT molecular complexity index is 652. The summed E-state index contributed by atoms with van der Waals surface area (Å²) in [4.78, 5) is 12.3. The molecule has 1 aliphatic carbocycles. The molecule has 0 unspecified atom stereocenters. The molecule has 0 spiro atoms. The molecule has 0 atom stereocenters. The molecular weight excluding hydrogens is 326 g/mol. The van der Waals surface area contributed by atoms with E-state index in [1.807, 2.05) is 0 Å². The summed E-state index contributed by atoms with van der Waals surface area (Å²) in [5, 5.41) is 0.193. The Balaban J connectivity index is 2.24. The summed E-state index contributed by atoms with van der Waals surface area (Å²) >= 11 is 6.03. The first kappa shape index (κ1) is 17.2. The van der Waals surface area contributed by atoms with Crippen LogP contribution in [0.1, 0.15) is 42.5 Å². The van der Waals surface area contributed by atoms with Crippen molar-refractivity contribution < 1.29 is 17.9 Å². The molecule has 0 saturated heterocycles. The zero-order valence-electron chi connectivity index (χ0n) is 12.7. The van der Waals surface area contributed by atoms with Gasteiger partial charge in [0.2, 0.25) is 10.0 Å². The first-order valence-corrected chi connectivity index (χ1v) is 9.07. The van der Waals surface area contributed by atoms with Gasteiger partial charge in [-0.3, -0.25) is 0 Å². The third-order valence-corrected chi connectivity index (χ3v) is 5.90. The second-order valence-corrected chi connectivity index (χ2v) is 8.15. The van der Waals surface area contributed by atoms with Crippen molar-refractivity contribution in [3.63, 3.8) is 0 Å². The van der Waals surface area contributed by atoms with Crippen LogP contribution in [-0.4, -0.2) is 38.9 Å². The van der Waals surface area contributed by atoms with Crippen molar-refractivity contribution in [2.75, 3.05) is 14.1 Å². The number of rotatable bonds is 4. The van der Waals surface area contributed by atoms with E-state index < -0.39 is 16.0 Å². The van der Waals surface area contributed by atoms with Crippen molar-refractivity contribution in [2.24, 2.45) is 0 Å². The van der Waals surface area contributed by atoms with Gasteiger partial charge in [0, 0.05) is 14.1 Å². The van der Waals surface area contributed by atoms with Gasteiger partial charge in [0.25, 0.3) is 0 Å². The highest BCUT2D eigenvalue weighted by Gasteiger charge is 2.24. The number of nitrogens with zero attached hydrogens (tertiary/aromatic N) is 1. The van der Waals surface area contributed by atoms with E-state index in [0.29, 0.717) is 0 Å². The first-order valence-electron chi connectivity index (χ1n) is 7.25. The van der Waals surface area contributed by atoms with Crippen molar-refractivity contribution in [3.05, 3.63) is 28.8 Å². The lowest BCUT2D eigenvalue weighted by Gasteiger charge is -2.22. The average Bonchev–Trinajstić information content (AvgIpc) is 2.48. The molecule has 0 heterocycles. The molecule has 1 fully saturated rings. The van der Waals surface area contributed by atoms with Gasteiger partial charge >= 0.3 is 5.97 Å². The van der Waals surface area contributed by atoms with Gasteiger partial charge in [0.15, 0.2) is 0 Å². The van der Waals surface area contributed by atoms with Gasteiger partial charge in [0.05, 0.1) is 15.5 Å². The lowest BCUT2D eigenvalue weighted by Crippen LogP contribution is -2.23. The second kappa shape index (κ2) is 6.98. The monoisotopic (exact) mass is 345 g/mol. The number of hydrogen-bond acceptors (Lipinski definition) is 4. The normalized spacial score (nSPS) is 16.7. The van der Waals surface area contributed by atoms with Gasteiger partial charge in [-0.15, -0.1) is 0 Å². The van der Waals surface area contributed by atoms with E-state index in [9.17, 15) is 13.2 Å². The molecule has 0 aliphatic heterocycles. The standard InChI is InChI=1S/C15H20ClNO4S/c1-17(2)22(19,20)12-8-9-14(16)13(10-12)15(18)21-11-6-4-3-5-7-11/h8-11H,3-7H2,1-2H3. The number of carbonyl (C=O) groups is 1. The summed E-state index contributed by atoms with van der Waals surface area (Å²) in [6.45, 7) is 0. The molecule has 1 aromatic rings. The molecule has 5 nitrogen and oxygen atoms in total. The number of sulfonamides is 1. The van der Waals surface area contributed by atoms with Crippen LogP contribution in [0.5, 0.6) is 0 Å². The Morgan fingerprint density at radius 1 is 1.23 bits per heavy atom. The van der Waals surface area contributed by atoms with Crippen molar-refractivity contribution in [3.8, 4) is 0 Å². The summed E-state index contributed by atoms with van der Waals surface area (Å²) in [6.07, 6.45) is 4.83. The van der Waals surface area contributed by atoms with Crippen LogP contribution in [0, 0.1) is 0 Å². The van der Waals surface area contributed by atoms with Gasteiger partial charge in [-0.25, -0.2) is 17.5 Å². The highest BCUT2D eigenvalue weighted by atomic mass is 35.5. The molecule has 0 bridgehead atoms. The molecule has 0 radical (unpaired) electrons. The summed E-state index contributed by atoms with van der Waals surface area (Å²) < 4.78 is 30.8. The number of carbonyl (C=O) groups excluding carboxylic acids is 1. The molecule has 0 aromatic heterocycles. The van der Waals surface area contributed by atoms with Gasteiger partial charge in [0.1, 0.15) is 6.10 Å². The summed E-state index contributed by atoms with van der Waals surface area (Å²) in [7, 11) is -0.747. The van der Waals surface area contributed by atoms with E-state index in [-0.39, 0.29) is 21.6 Å². The van der Waals surface area contributed by atoms with Gasteiger partial charge < -0.3 is 4.74 Å². The number of hydrogen-bond donors (Lipinski definition) is 0. The van der Waals surface area contributed by atoms with Gasteiger partial charge in [-0.05, 0) is 43.9 Å². The first-order chi connectivity index (χ1) is 10.3. The lowest BCUT2D eigenvalue weighted by atomic mass is 9.98. The maximum absolute atomic E-state index is 12.3. The Hall–Kier alpha value is -1.11. The maximum Gasteiger partial charge on any atom is 0.339 e.